The van der Waals surface area contributed by atoms with Crippen LogP contribution in [0.1, 0.15) is 65.4 Å². The van der Waals surface area contributed by atoms with Crippen LogP contribution in [0.15, 0.2) is 48.1 Å². The van der Waals surface area contributed by atoms with Crippen molar-refractivity contribution in [2.75, 3.05) is 25.4 Å². The predicted octanol–water partition coefficient (Wildman–Crippen LogP) is 4.37. The molecule has 3 saturated carbocycles. The van der Waals surface area contributed by atoms with Gasteiger partial charge in [0, 0.05) is 41.9 Å². The Morgan fingerprint density at radius 3 is 2.35 bits per heavy atom. The third-order valence-corrected chi connectivity index (χ3v) is 12.4. The van der Waals surface area contributed by atoms with E-state index in [9.17, 15) is 29.1 Å². The van der Waals surface area contributed by atoms with Crippen molar-refractivity contribution in [3.63, 3.8) is 0 Å². The average molecular weight is 700 g/mol. The highest BCUT2D eigenvalue weighted by molar-refractivity contribution is 6.26. The summed E-state index contributed by atoms with van der Waals surface area (Å²) in [5, 5.41) is 17.0. The largest absolute Gasteiger partial charge is 0.450 e. The molecule has 2 amide bonds. The lowest BCUT2D eigenvalue weighted by Crippen LogP contribution is -2.69. The monoisotopic (exact) mass is 699 g/mol. The molecule has 5 N–H and O–H groups in total. The topological polar surface area (TPSA) is 183 Å². The van der Waals surface area contributed by atoms with Crippen molar-refractivity contribution in [2.45, 2.75) is 83.0 Å². The number of aliphatic hydroxyl groups excluding tert-OH is 1. The number of nitrogens with two attached hydrogens (primary N) is 1. The number of benzene rings is 1. The van der Waals surface area contributed by atoms with Crippen LogP contribution >= 0.6 is 11.6 Å². The summed E-state index contributed by atoms with van der Waals surface area (Å²) in [5.41, 5.74) is 4.40. The second-order valence-corrected chi connectivity index (χ2v) is 14.8. The summed E-state index contributed by atoms with van der Waals surface area (Å²) in [6.45, 7) is 6.72. The van der Waals surface area contributed by atoms with Gasteiger partial charge in [-0.3, -0.25) is 14.4 Å². The second kappa shape index (κ2) is 13.8. The molecule has 0 radical (unpaired) electrons. The number of hydrogen-bond donors (Lipinski definition) is 4. The zero-order valence-corrected chi connectivity index (χ0v) is 29.1. The minimum atomic E-state index is -1.69. The summed E-state index contributed by atoms with van der Waals surface area (Å²) in [6.07, 6.45) is 4.00. The van der Waals surface area contributed by atoms with Gasteiger partial charge in [0.05, 0.1) is 11.0 Å². The van der Waals surface area contributed by atoms with Crippen molar-refractivity contribution in [2.24, 2.45) is 28.6 Å². The summed E-state index contributed by atoms with van der Waals surface area (Å²) in [4.78, 5) is 62.9. The highest BCUT2D eigenvalue weighted by atomic mass is 35.5. The van der Waals surface area contributed by atoms with E-state index in [0.717, 1.165) is 11.1 Å². The van der Waals surface area contributed by atoms with Gasteiger partial charge in [-0.15, -0.1) is 11.6 Å². The minimum absolute atomic E-state index is 0.00290. The minimum Gasteiger partial charge on any atom is -0.450 e. The maximum absolute atomic E-state index is 14.3. The van der Waals surface area contributed by atoms with Crippen molar-refractivity contribution in [3.05, 3.63) is 53.6 Å². The number of rotatable bonds is 10. The van der Waals surface area contributed by atoms with Crippen LogP contribution in [0.2, 0.25) is 0 Å². The van der Waals surface area contributed by atoms with E-state index in [1.54, 1.807) is 43.3 Å². The molecule has 1 unspecified atom stereocenters. The number of ketones is 2. The van der Waals surface area contributed by atoms with Crippen LogP contribution in [0.3, 0.4) is 0 Å². The lowest BCUT2D eigenvalue weighted by Gasteiger charge is -2.64. The molecule has 0 aliphatic heterocycles. The summed E-state index contributed by atoms with van der Waals surface area (Å²) in [7, 11) is 0. The van der Waals surface area contributed by atoms with Gasteiger partial charge >= 0.3 is 18.2 Å². The van der Waals surface area contributed by atoms with Gasteiger partial charge in [0.25, 0.3) is 0 Å². The molecule has 12 nitrogen and oxygen atoms in total. The summed E-state index contributed by atoms with van der Waals surface area (Å²) in [6, 6.07) is 6.88. The number of hydrogen-bond acceptors (Lipinski definition) is 10. The first-order valence-corrected chi connectivity index (χ1v) is 17.2. The fraction of sp³-hybridized carbons (Fsp3) is 0.583. The van der Waals surface area contributed by atoms with E-state index in [1.165, 1.54) is 6.08 Å². The Morgan fingerprint density at radius 1 is 1.04 bits per heavy atom. The number of Topliss-reactive ketones (excluding diaryl/α,β-unsaturated/α-hetero) is 1. The molecule has 49 heavy (non-hydrogen) atoms. The molecule has 1 aromatic carbocycles. The van der Waals surface area contributed by atoms with Crippen LogP contribution in [0, 0.1) is 28.6 Å². The highest BCUT2D eigenvalue weighted by Gasteiger charge is 2.76. The van der Waals surface area contributed by atoms with Crippen molar-refractivity contribution >= 4 is 47.0 Å². The number of alkyl halides is 1. The van der Waals surface area contributed by atoms with E-state index in [0.29, 0.717) is 24.9 Å². The summed E-state index contributed by atoms with van der Waals surface area (Å²) >= 11 is 7.54. The van der Waals surface area contributed by atoms with Gasteiger partial charge in [0.1, 0.15) is 6.61 Å². The fourth-order valence-corrected chi connectivity index (χ4v) is 9.61. The molecular formula is C36H46ClN3O9. The molecule has 0 bridgehead atoms. The SMILES string of the molecule is CCC(=O)O[C@]1(C(=O)COC(=O)NCCNC(=O)OCc2ccc(N)cc2)[C@@H](C)CC2[C@@H]3CCC4=CC(=O)C=C[C@]4(C)[C@@]3(Cl)[C@@H](O)C[C@@]21C. The van der Waals surface area contributed by atoms with Gasteiger partial charge in [0.15, 0.2) is 18.0 Å². The Labute approximate surface area is 291 Å². The van der Waals surface area contributed by atoms with Crippen molar-refractivity contribution < 1.29 is 43.3 Å². The number of amides is 2. The zero-order chi connectivity index (χ0) is 35.8. The Balaban J connectivity index is 1.24. The number of ether oxygens (including phenoxy) is 3. The van der Waals surface area contributed by atoms with E-state index >= 15 is 0 Å². The molecule has 266 valence electrons. The number of nitrogen functional groups attached to an aromatic ring is 1. The number of carbonyl (C=O) groups is 5. The first-order valence-electron chi connectivity index (χ1n) is 16.8. The van der Waals surface area contributed by atoms with E-state index < -0.39 is 63.9 Å². The molecule has 0 heterocycles. The number of esters is 1. The van der Waals surface area contributed by atoms with Crippen LogP contribution in [-0.2, 0) is 35.2 Å². The normalized spacial score (nSPS) is 34.4. The lowest BCUT2D eigenvalue weighted by atomic mass is 9.45. The van der Waals surface area contributed by atoms with E-state index in [4.69, 9.17) is 31.5 Å². The number of carbonyl (C=O) groups excluding carboxylic acids is 5. The van der Waals surface area contributed by atoms with E-state index in [1.807, 2.05) is 20.8 Å². The number of alkyl carbamates (subject to hydrolysis) is 2. The van der Waals surface area contributed by atoms with E-state index in [2.05, 4.69) is 10.6 Å². The fourth-order valence-electron chi connectivity index (χ4n) is 9.08. The molecule has 0 spiro atoms. The molecule has 4 aliphatic carbocycles. The number of fused-ring (bicyclic) bond motifs is 5. The Morgan fingerprint density at radius 2 is 1.69 bits per heavy atom. The smallest absolute Gasteiger partial charge is 0.407 e. The first-order chi connectivity index (χ1) is 23.1. The second-order valence-electron chi connectivity index (χ2n) is 14.1. The van der Waals surface area contributed by atoms with Crippen LogP contribution in [-0.4, -0.2) is 71.1 Å². The molecule has 0 saturated heterocycles. The van der Waals surface area contributed by atoms with Gasteiger partial charge in [0.2, 0.25) is 5.78 Å². The average Bonchev–Trinajstić information content (AvgIpc) is 3.28. The predicted molar refractivity (Wildman–Crippen MR) is 180 cm³/mol. The Hall–Kier alpha value is -3.90. The molecule has 3 fully saturated rings. The van der Waals surface area contributed by atoms with Crippen LogP contribution in [0.5, 0.6) is 0 Å². The Bertz CT molecular complexity index is 1560. The maximum atomic E-state index is 14.3. The highest BCUT2D eigenvalue weighted by Crippen LogP contribution is 2.72. The third kappa shape index (κ3) is 6.22. The van der Waals surface area contributed by atoms with Crippen LogP contribution in [0.4, 0.5) is 15.3 Å². The van der Waals surface area contributed by atoms with Crippen LogP contribution in [0.25, 0.3) is 0 Å². The number of allylic oxidation sites excluding steroid dienone is 4. The number of aliphatic hydroxyl groups is 1. The Kier molecular flexibility index (Phi) is 10.2. The molecule has 1 aromatic rings. The molecule has 4 aliphatic rings. The third-order valence-electron chi connectivity index (χ3n) is 11.5. The quantitative estimate of drug-likeness (QED) is 0.0900. The molecular weight excluding hydrogens is 654 g/mol. The van der Waals surface area contributed by atoms with Gasteiger partial charge in [-0.05, 0) is 67.4 Å². The standard InChI is InChI=1S/C36H46ClN3O9/c1-5-30(44)49-36(29(43)20-48-32(46)40-15-14-39-31(45)47-19-22-6-9-24(38)10-7-22)21(2)16-27-26-11-8-23-17-25(41)12-13-33(23,3)35(26,37)28(42)18-34(27,36)4/h6-7,9-10,12-13,17,21,26-28,42H,5,8,11,14-16,18-20,38H2,1-4H3,(H,39,45)(H,40,46)/t21-,26-,27?,28-,33-,34-,35-,36-/m0/s1. The van der Waals surface area contributed by atoms with Gasteiger partial charge < -0.3 is 35.7 Å². The molecule has 5 rings (SSSR count). The molecule has 13 heteroatoms. The number of nitrogens with one attached hydrogen (secondary N) is 2. The number of anilines is 1. The molecule has 0 aromatic heterocycles. The number of halogens is 1. The van der Waals surface area contributed by atoms with Crippen molar-refractivity contribution in [1.82, 2.24) is 10.6 Å². The van der Waals surface area contributed by atoms with Gasteiger partial charge in [-0.25, -0.2) is 9.59 Å². The lowest BCUT2D eigenvalue weighted by molar-refractivity contribution is -0.202. The van der Waals surface area contributed by atoms with Gasteiger partial charge in [-0.2, -0.15) is 0 Å². The molecule has 8 atom stereocenters. The first kappa shape index (κ1) is 36.4. The summed E-state index contributed by atoms with van der Waals surface area (Å²) in [5.74, 6) is -2.23. The van der Waals surface area contributed by atoms with E-state index in [-0.39, 0.29) is 50.2 Å². The van der Waals surface area contributed by atoms with Crippen molar-refractivity contribution in [1.29, 1.82) is 0 Å². The van der Waals surface area contributed by atoms with Crippen molar-refractivity contribution in [3.8, 4) is 0 Å². The maximum Gasteiger partial charge on any atom is 0.407 e. The van der Waals surface area contributed by atoms with Gasteiger partial charge in [-0.1, -0.05) is 51.5 Å². The summed E-state index contributed by atoms with van der Waals surface area (Å²) < 4.78 is 16.6. The zero-order valence-electron chi connectivity index (χ0n) is 28.4. The van der Waals surface area contributed by atoms with Crippen LogP contribution < -0.4 is 16.4 Å².